The van der Waals surface area contributed by atoms with Crippen molar-refractivity contribution in [2.24, 2.45) is 5.92 Å². The molecule has 1 amide bonds. The molecular weight excluding hydrogens is 368 g/mol. The molecule has 0 saturated carbocycles. The number of amides is 1. The average molecular weight is 388 g/mol. The van der Waals surface area contributed by atoms with Crippen LogP contribution in [0.25, 0.3) is 0 Å². The number of benzene rings is 1. The summed E-state index contributed by atoms with van der Waals surface area (Å²) in [4.78, 5) is 31.8. The number of hydrogen-bond donors (Lipinski definition) is 1. The quantitative estimate of drug-likeness (QED) is 0.781. The SMILES string of the molecule is CC(=O)c1cccc(S(=O)(=O)N2CCC(C(=O)Nc3ncccn3)CC2)c1. The molecule has 0 spiro atoms. The van der Waals surface area contributed by atoms with Crippen molar-refractivity contribution in [1.82, 2.24) is 14.3 Å². The number of ketones is 1. The standard InChI is InChI=1S/C18H20N4O4S/c1-13(23)15-4-2-5-16(12-15)27(25,26)22-10-6-14(7-11-22)17(24)21-18-19-8-3-9-20-18/h2-5,8-9,12,14H,6-7,10-11H2,1H3,(H,19,20,21,24). The van der Waals surface area contributed by atoms with E-state index in [-0.39, 0.29) is 41.5 Å². The second kappa shape index (κ2) is 7.93. The monoisotopic (exact) mass is 388 g/mol. The lowest BCUT2D eigenvalue weighted by Gasteiger charge is -2.30. The van der Waals surface area contributed by atoms with Crippen LogP contribution in [-0.2, 0) is 14.8 Å². The average Bonchev–Trinajstić information content (AvgIpc) is 2.69. The molecule has 8 nitrogen and oxygen atoms in total. The second-order valence-electron chi connectivity index (χ2n) is 6.32. The third-order valence-electron chi connectivity index (χ3n) is 4.50. The molecule has 142 valence electrons. The largest absolute Gasteiger partial charge is 0.295 e. The Morgan fingerprint density at radius 1 is 1.11 bits per heavy atom. The van der Waals surface area contributed by atoms with Gasteiger partial charge in [-0.1, -0.05) is 12.1 Å². The maximum absolute atomic E-state index is 12.8. The number of nitrogens with one attached hydrogen (secondary N) is 1. The van der Waals surface area contributed by atoms with Crippen LogP contribution >= 0.6 is 0 Å². The van der Waals surface area contributed by atoms with Crippen molar-refractivity contribution in [2.75, 3.05) is 18.4 Å². The zero-order chi connectivity index (χ0) is 19.4. The van der Waals surface area contributed by atoms with Crippen LogP contribution < -0.4 is 5.32 Å². The highest BCUT2D eigenvalue weighted by atomic mass is 32.2. The number of nitrogens with zero attached hydrogens (tertiary/aromatic N) is 3. The fraction of sp³-hybridized carbons (Fsp3) is 0.333. The third-order valence-corrected chi connectivity index (χ3v) is 6.40. The van der Waals surface area contributed by atoms with E-state index in [2.05, 4.69) is 15.3 Å². The Balaban J connectivity index is 1.65. The molecule has 1 aromatic heterocycles. The third kappa shape index (κ3) is 4.37. The van der Waals surface area contributed by atoms with Gasteiger partial charge in [0.1, 0.15) is 0 Å². The van der Waals surface area contributed by atoms with E-state index in [0.717, 1.165) is 0 Å². The first-order valence-corrected chi connectivity index (χ1v) is 10.0. The van der Waals surface area contributed by atoms with E-state index in [1.165, 1.54) is 35.8 Å². The lowest BCUT2D eigenvalue weighted by atomic mass is 9.97. The number of carbonyl (C=O) groups excluding carboxylic acids is 2. The molecule has 2 heterocycles. The van der Waals surface area contributed by atoms with Crippen LogP contribution in [0.3, 0.4) is 0 Å². The predicted molar refractivity (Wildman–Crippen MR) is 98.6 cm³/mol. The van der Waals surface area contributed by atoms with Gasteiger partial charge >= 0.3 is 0 Å². The summed E-state index contributed by atoms with van der Waals surface area (Å²) >= 11 is 0. The molecule has 0 atom stereocenters. The van der Waals surface area contributed by atoms with Gasteiger partial charge in [-0.2, -0.15) is 4.31 Å². The zero-order valence-corrected chi connectivity index (χ0v) is 15.6. The van der Waals surface area contributed by atoms with Crippen molar-refractivity contribution in [3.05, 3.63) is 48.3 Å². The molecule has 0 aliphatic carbocycles. The zero-order valence-electron chi connectivity index (χ0n) is 14.8. The van der Waals surface area contributed by atoms with Crippen molar-refractivity contribution < 1.29 is 18.0 Å². The minimum Gasteiger partial charge on any atom is -0.295 e. The highest BCUT2D eigenvalue weighted by Crippen LogP contribution is 2.25. The number of sulfonamides is 1. The van der Waals surface area contributed by atoms with Gasteiger partial charge < -0.3 is 0 Å². The molecule has 1 aromatic carbocycles. The lowest BCUT2D eigenvalue weighted by molar-refractivity contribution is -0.121. The van der Waals surface area contributed by atoms with Crippen LogP contribution in [0.1, 0.15) is 30.1 Å². The number of piperidine rings is 1. The van der Waals surface area contributed by atoms with Gasteiger partial charge in [0.05, 0.1) is 4.90 Å². The summed E-state index contributed by atoms with van der Waals surface area (Å²) < 4.78 is 27.0. The maximum Gasteiger partial charge on any atom is 0.243 e. The minimum absolute atomic E-state index is 0.0933. The van der Waals surface area contributed by atoms with Gasteiger partial charge in [0.2, 0.25) is 21.9 Å². The van der Waals surface area contributed by atoms with E-state index in [1.807, 2.05) is 0 Å². The van der Waals surface area contributed by atoms with Crippen molar-refractivity contribution in [3.8, 4) is 0 Å². The van der Waals surface area contributed by atoms with Crippen molar-refractivity contribution in [2.45, 2.75) is 24.7 Å². The van der Waals surface area contributed by atoms with E-state index >= 15 is 0 Å². The summed E-state index contributed by atoms with van der Waals surface area (Å²) in [6.45, 7) is 1.87. The second-order valence-corrected chi connectivity index (χ2v) is 8.26. The summed E-state index contributed by atoms with van der Waals surface area (Å²) in [7, 11) is -3.70. The lowest BCUT2D eigenvalue weighted by Crippen LogP contribution is -2.41. The van der Waals surface area contributed by atoms with E-state index in [4.69, 9.17) is 0 Å². The van der Waals surface area contributed by atoms with E-state index < -0.39 is 10.0 Å². The highest BCUT2D eigenvalue weighted by Gasteiger charge is 2.32. The Kier molecular flexibility index (Phi) is 5.62. The summed E-state index contributed by atoms with van der Waals surface area (Å²) in [5, 5.41) is 2.65. The van der Waals surface area contributed by atoms with Crippen LogP contribution in [0.2, 0.25) is 0 Å². The van der Waals surface area contributed by atoms with Crippen LogP contribution in [-0.4, -0.2) is 47.5 Å². The van der Waals surface area contributed by atoms with Crippen LogP contribution in [0, 0.1) is 5.92 Å². The van der Waals surface area contributed by atoms with E-state index in [1.54, 1.807) is 18.2 Å². The van der Waals surface area contributed by atoms with E-state index in [0.29, 0.717) is 18.4 Å². The topological polar surface area (TPSA) is 109 Å². The fourth-order valence-electron chi connectivity index (χ4n) is 2.96. The molecule has 1 aliphatic heterocycles. The summed E-state index contributed by atoms with van der Waals surface area (Å²) in [5.41, 5.74) is 0.355. The number of Topliss-reactive ketones (excluding diaryl/α,β-unsaturated/α-hetero) is 1. The molecule has 9 heteroatoms. The number of rotatable bonds is 5. The molecular formula is C18H20N4O4S. The fourth-order valence-corrected chi connectivity index (χ4v) is 4.47. The molecule has 1 saturated heterocycles. The molecule has 1 fully saturated rings. The number of aromatic nitrogens is 2. The Morgan fingerprint density at radius 3 is 2.41 bits per heavy atom. The van der Waals surface area contributed by atoms with Gasteiger partial charge in [0, 0.05) is 37.0 Å². The van der Waals surface area contributed by atoms with Crippen molar-refractivity contribution in [1.29, 1.82) is 0 Å². The van der Waals surface area contributed by atoms with Gasteiger partial charge in [-0.15, -0.1) is 0 Å². The van der Waals surface area contributed by atoms with Gasteiger partial charge in [-0.25, -0.2) is 18.4 Å². The van der Waals surface area contributed by atoms with Gasteiger partial charge in [0.25, 0.3) is 0 Å². The molecule has 3 rings (SSSR count). The Hall–Kier alpha value is -2.65. The summed E-state index contributed by atoms with van der Waals surface area (Å²) in [5.74, 6) is -0.468. The normalized spacial score (nSPS) is 16.0. The van der Waals surface area contributed by atoms with Gasteiger partial charge in [-0.3, -0.25) is 14.9 Å². The molecule has 0 bridgehead atoms. The first-order chi connectivity index (χ1) is 12.9. The molecule has 1 N–H and O–H groups in total. The van der Waals surface area contributed by atoms with Crippen LogP contribution in [0.15, 0.2) is 47.6 Å². The minimum atomic E-state index is -3.70. The Morgan fingerprint density at radius 2 is 1.78 bits per heavy atom. The van der Waals surface area contributed by atoms with E-state index in [9.17, 15) is 18.0 Å². The van der Waals surface area contributed by atoms with Crippen molar-refractivity contribution >= 4 is 27.7 Å². The highest BCUT2D eigenvalue weighted by molar-refractivity contribution is 7.89. The molecule has 0 radical (unpaired) electrons. The van der Waals surface area contributed by atoms with Gasteiger partial charge in [-0.05, 0) is 38.0 Å². The predicted octanol–water partition coefficient (Wildman–Crippen LogP) is 1.72. The van der Waals surface area contributed by atoms with Gasteiger partial charge in [0.15, 0.2) is 5.78 Å². The van der Waals surface area contributed by atoms with Crippen molar-refractivity contribution in [3.63, 3.8) is 0 Å². The Bertz CT molecular complexity index is 939. The number of carbonyl (C=O) groups is 2. The molecule has 0 unspecified atom stereocenters. The first-order valence-electron chi connectivity index (χ1n) is 8.57. The summed E-state index contributed by atoms with van der Waals surface area (Å²) in [6, 6.07) is 7.67. The first kappa shape index (κ1) is 19.1. The Labute approximate surface area is 157 Å². The molecule has 2 aromatic rings. The molecule has 27 heavy (non-hydrogen) atoms. The summed E-state index contributed by atoms with van der Waals surface area (Å²) in [6.07, 6.45) is 3.88. The molecule has 1 aliphatic rings. The smallest absolute Gasteiger partial charge is 0.243 e. The van der Waals surface area contributed by atoms with Crippen LogP contribution in [0.4, 0.5) is 5.95 Å². The number of anilines is 1. The van der Waals surface area contributed by atoms with Crippen LogP contribution in [0.5, 0.6) is 0 Å². The number of hydrogen-bond acceptors (Lipinski definition) is 6. The maximum atomic E-state index is 12.8.